The van der Waals surface area contributed by atoms with Gasteiger partial charge in [-0.05, 0) is 37.6 Å². The van der Waals surface area contributed by atoms with E-state index in [9.17, 15) is 0 Å². The molecule has 2 aliphatic rings. The van der Waals surface area contributed by atoms with Crippen molar-refractivity contribution in [2.24, 2.45) is 5.41 Å². The van der Waals surface area contributed by atoms with Crippen molar-refractivity contribution < 1.29 is 0 Å². The number of nitrogens with one attached hydrogen (secondary N) is 1. The minimum absolute atomic E-state index is 0.265. The highest BCUT2D eigenvalue weighted by Crippen LogP contribution is 2.43. The van der Waals surface area contributed by atoms with Crippen LogP contribution in [0.4, 0.5) is 0 Å². The van der Waals surface area contributed by atoms with Crippen molar-refractivity contribution in [3.63, 3.8) is 0 Å². The summed E-state index contributed by atoms with van der Waals surface area (Å²) in [6.45, 7) is 5.74. The molecule has 5 nitrogen and oxygen atoms in total. The first-order chi connectivity index (χ1) is 9.15. The van der Waals surface area contributed by atoms with Crippen LogP contribution in [0.2, 0.25) is 0 Å². The number of nitrogens with zero attached hydrogens (tertiary/aromatic N) is 4. The summed E-state index contributed by atoms with van der Waals surface area (Å²) in [5, 5.41) is 18.2. The van der Waals surface area contributed by atoms with Crippen molar-refractivity contribution in [2.75, 3.05) is 6.54 Å². The number of aromatic nitrogens is 4. The topological polar surface area (TPSA) is 55.1 Å². The molecule has 0 amide bonds. The van der Waals surface area contributed by atoms with Gasteiger partial charge in [-0.2, -0.15) is 9.61 Å². The molecule has 1 saturated carbocycles. The van der Waals surface area contributed by atoms with Gasteiger partial charge >= 0.3 is 0 Å². The lowest BCUT2D eigenvalue weighted by molar-refractivity contribution is 0.180. The molecule has 2 fully saturated rings. The zero-order valence-corrected chi connectivity index (χ0v) is 12.2. The van der Waals surface area contributed by atoms with Crippen molar-refractivity contribution in [3.8, 4) is 0 Å². The number of fused-ring (bicyclic) bond motifs is 1. The summed E-state index contributed by atoms with van der Waals surface area (Å²) in [7, 11) is 0. The Bertz CT molecular complexity index is 610. The fourth-order valence-electron chi connectivity index (χ4n) is 2.99. The van der Waals surface area contributed by atoms with E-state index in [1.165, 1.54) is 25.7 Å². The molecule has 0 bridgehead atoms. The largest absolute Gasteiger partial charge is 0.307 e. The van der Waals surface area contributed by atoms with E-state index in [2.05, 4.69) is 29.4 Å². The fourth-order valence-corrected chi connectivity index (χ4v) is 4.12. The predicted molar refractivity (Wildman–Crippen MR) is 74.4 cm³/mol. The van der Waals surface area contributed by atoms with Crippen LogP contribution in [0.15, 0.2) is 0 Å². The Morgan fingerprint density at radius 2 is 2.16 bits per heavy atom. The van der Waals surface area contributed by atoms with Gasteiger partial charge < -0.3 is 5.32 Å². The van der Waals surface area contributed by atoms with Gasteiger partial charge in [0.1, 0.15) is 5.01 Å². The molecular formula is C13H19N5S. The molecule has 6 heteroatoms. The Morgan fingerprint density at radius 1 is 1.32 bits per heavy atom. The highest BCUT2D eigenvalue weighted by molar-refractivity contribution is 7.16. The van der Waals surface area contributed by atoms with Gasteiger partial charge in [-0.1, -0.05) is 25.2 Å². The van der Waals surface area contributed by atoms with Crippen LogP contribution >= 0.6 is 11.3 Å². The molecule has 1 atom stereocenters. The molecule has 102 valence electrons. The molecule has 19 heavy (non-hydrogen) atoms. The Morgan fingerprint density at radius 3 is 2.89 bits per heavy atom. The monoisotopic (exact) mass is 277 g/mol. The molecule has 1 aliphatic heterocycles. The van der Waals surface area contributed by atoms with Gasteiger partial charge in [0, 0.05) is 5.92 Å². The first-order valence-electron chi connectivity index (χ1n) is 7.10. The molecule has 2 aromatic heterocycles. The molecule has 0 radical (unpaired) electrons. The fraction of sp³-hybridized carbons (Fsp3) is 0.769. The second-order valence-electron chi connectivity index (χ2n) is 6.45. The summed E-state index contributed by atoms with van der Waals surface area (Å²) in [6.07, 6.45) is 4.98. The van der Waals surface area contributed by atoms with Gasteiger partial charge in [-0.15, -0.1) is 10.2 Å². The molecule has 1 aliphatic carbocycles. The quantitative estimate of drug-likeness (QED) is 0.916. The van der Waals surface area contributed by atoms with Crippen LogP contribution in [-0.2, 0) is 0 Å². The minimum Gasteiger partial charge on any atom is -0.307 e. The number of rotatable bonds is 2. The number of hydrogen-bond donors (Lipinski definition) is 1. The van der Waals surface area contributed by atoms with Crippen molar-refractivity contribution in [3.05, 3.63) is 10.8 Å². The first-order valence-corrected chi connectivity index (χ1v) is 7.92. The molecule has 1 N–H and O–H groups in total. The Kier molecular flexibility index (Phi) is 2.48. The third-order valence-electron chi connectivity index (χ3n) is 4.35. The maximum atomic E-state index is 4.80. The standard InChI is InChI=1S/C13H19N5S/c1-13(2)6-3-7-14-9(13)11-17-18-10(8-4-5-8)15-16-12(18)19-11/h8-9,14H,3-7H2,1-2H3. The molecule has 1 unspecified atom stereocenters. The lowest BCUT2D eigenvalue weighted by Crippen LogP contribution is -2.39. The average Bonchev–Trinajstić information content (AvgIpc) is 2.99. The van der Waals surface area contributed by atoms with E-state index in [1.54, 1.807) is 11.3 Å². The van der Waals surface area contributed by atoms with Crippen molar-refractivity contribution in [1.29, 1.82) is 0 Å². The van der Waals surface area contributed by atoms with E-state index < -0.39 is 0 Å². The predicted octanol–water partition coefficient (Wildman–Crippen LogP) is 2.51. The van der Waals surface area contributed by atoms with E-state index >= 15 is 0 Å². The van der Waals surface area contributed by atoms with Crippen molar-refractivity contribution in [1.82, 2.24) is 25.1 Å². The van der Waals surface area contributed by atoms with E-state index in [0.717, 1.165) is 22.3 Å². The Hall–Kier alpha value is -1.01. The maximum Gasteiger partial charge on any atom is 0.234 e. The summed E-state index contributed by atoms with van der Waals surface area (Å²) in [4.78, 5) is 0.945. The normalized spacial score (nSPS) is 26.9. The number of hydrogen-bond acceptors (Lipinski definition) is 5. The van der Waals surface area contributed by atoms with Crippen LogP contribution in [0, 0.1) is 5.41 Å². The molecule has 4 rings (SSSR count). The molecule has 0 aromatic carbocycles. The first kappa shape index (κ1) is 11.8. The van der Waals surface area contributed by atoms with Crippen molar-refractivity contribution >= 4 is 16.3 Å². The Balaban J connectivity index is 1.74. The zero-order chi connectivity index (χ0) is 13.0. The molecule has 3 heterocycles. The zero-order valence-electron chi connectivity index (χ0n) is 11.4. The van der Waals surface area contributed by atoms with Crippen LogP contribution in [0.5, 0.6) is 0 Å². The highest BCUT2D eigenvalue weighted by atomic mass is 32.1. The van der Waals surface area contributed by atoms with Gasteiger partial charge in [0.15, 0.2) is 5.82 Å². The van der Waals surface area contributed by atoms with E-state index in [4.69, 9.17) is 5.10 Å². The number of piperidine rings is 1. The average molecular weight is 277 g/mol. The SMILES string of the molecule is CC1(C)CCCNC1c1nn2c(C3CC3)nnc2s1. The van der Waals surface area contributed by atoms with Gasteiger partial charge in [0.05, 0.1) is 6.04 Å². The van der Waals surface area contributed by atoms with Gasteiger partial charge in [0.2, 0.25) is 4.96 Å². The van der Waals surface area contributed by atoms with Crippen LogP contribution in [0.25, 0.3) is 4.96 Å². The summed E-state index contributed by atoms with van der Waals surface area (Å²) in [5.74, 6) is 1.66. The van der Waals surface area contributed by atoms with E-state index in [0.29, 0.717) is 12.0 Å². The van der Waals surface area contributed by atoms with Gasteiger partial charge in [-0.25, -0.2) is 0 Å². The van der Waals surface area contributed by atoms with E-state index in [-0.39, 0.29) is 5.41 Å². The summed E-state index contributed by atoms with van der Waals surface area (Å²) in [6, 6.07) is 0.347. The minimum atomic E-state index is 0.265. The lowest BCUT2D eigenvalue weighted by atomic mass is 9.78. The van der Waals surface area contributed by atoms with E-state index in [1.807, 2.05) is 4.52 Å². The Labute approximate surface area is 116 Å². The highest BCUT2D eigenvalue weighted by Gasteiger charge is 2.37. The molecule has 2 aromatic rings. The van der Waals surface area contributed by atoms with Crippen LogP contribution < -0.4 is 5.32 Å². The van der Waals surface area contributed by atoms with Crippen LogP contribution in [-0.4, -0.2) is 26.4 Å². The summed E-state index contributed by atoms with van der Waals surface area (Å²) < 4.78 is 1.98. The second kappa shape index (κ2) is 3.99. The summed E-state index contributed by atoms with van der Waals surface area (Å²) >= 11 is 1.69. The van der Waals surface area contributed by atoms with Crippen LogP contribution in [0.1, 0.15) is 62.3 Å². The smallest absolute Gasteiger partial charge is 0.234 e. The lowest BCUT2D eigenvalue weighted by Gasteiger charge is -2.37. The third kappa shape index (κ3) is 1.89. The second-order valence-corrected chi connectivity index (χ2v) is 7.43. The van der Waals surface area contributed by atoms with Gasteiger partial charge in [0.25, 0.3) is 0 Å². The molecular weight excluding hydrogens is 258 g/mol. The maximum absolute atomic E-state index is 4.80. The van der Waals surface area contributed by atoms with Gasteiger partial charge in [-0.3, -0.25) is 0 Å². The van der Waals surface area contributed by atoms with Crippen molar-refractivity contribution in [2.45, 2.75) is 51.5 Å². The summed E-state index contributed by atoms with van der Waals surface area (Å²) in [5.41, 5.74) is 0.265. The molecule has 0 spiro atoms. The third-order valence-corrected chi connectivity index (χ3v) is 5.31. The van der Waals surface area contributed by atoms with Crippen LogP contribution in [0.3, 0.4) is 0 Å². The molecule has 1 saturated heterocycles.